The van der Waals surface area contributed by atoms with Crippen LogP contribution in [0.3, 0.4) is 0 Å². The van der Waals surface area contributed by atoms with Crippen LogP contribution in [-0.2, 0) is 9.59 Å². The lowest BCUT2D eigenvalue weighted by Gasteiger charge is -2.15. The van der Waals surface area contributed by atoms with Crippen LogP contribution in [0.15, 0.2) is 18.2 Å². The average Bonchev–Trinajstić information content (AvgIpc) is 3.02. The Kier molecular flexibility index (Phi) is 5.20. The fraction of sp³-hybridized carbons (Fsp3) is 0.429. The number of thiophene rings is 1. The van der Waals surface area contributed by atoms with Crippen LogP contribution in [0.5, 0.6) is 0 Å². The van der Waals surface area contributed by atoms with E-state index >= 15 is 0 Å². The van der Waals surface area contributed by atoms with Gasteiger partial charge >= 0.3 is 5.97 Å². The van der Waals surface area contributed by atoms with Gasteiger partial charge in [0.05, 0.1) is 10.3 Å². The van der Waals surface area contributed by atoms with Gasteiger partial charge in [-0.3, -0.25) is 9.59 Å². The van der Waals surface area contributed by atoms with Crippen molar-refractivity contribution in [2.45, 2.75) is 19.3 Å². The van der Waals surface area contributed by atoms with E-state index in [2.05, 4.69) is 5.32 Å². The molecule has 0 saturated heterocycles. The number of carbonyl (C=O) groups is 2. The highest BCUT2D eigenvalue weighted by atomic mass is 35.5. The van der Waals surface area contributed by atoms with Crippen LogP contribution >= 0.6 is 22.9 Å². The molecule has 2 atom stereocenters. The highest BCUT2D eigenvalue weighted by Crippen LogP contribution is 2.31. The van der Waals surface area contributed by atoms with Crippen molar-refractivity contribution in [1.29, 1.82) is 0 Å². The molecule has 0 aliphatic heterocycles. The summed E-state index contributed by atoms with van der Waals surface area (Å²) in [5.41, 5.74) is 0. The Morgan fingerprint density at radius 3 is 2.90 bits per heavy atom. The van der Waals surface area contributed by atoms with Gasteiger partial charge in [0.25, 0.3) is 0 Å². The number of hydrogen-bond acceptors (Lipinski definition) is 3. The monoisotopic (exact) mass is 313 g/mol. The Morgan fingerprint density at radius 2 is 2.25 bits per heavy atom. The summed E-state index contributed by atoms with van der Waals surface area (Å²) in [4.78, 5) is 23.6. The molecule has 1 aliphatic rings. The minimum Gasteiger partial charge on any atom is -0.481 e. The van der Waals surface area contributed by atoms with E-state index in [1.54, 1.807) is 12.1 Å². The number of carboxylic acids is 1. The van der Waals surface area contributed by atoms with E-state index in [1.807, 2.05) is 6.07 Å². The first-order chi connectivity index (χ1) is 9.56. The number of carboxylic acid groups (broad SMARTS) is 1. The second-order valence-corrected chi connectivity index (χ2v) is 6.60. The molecule has 0 bridgehead atoms. The molecule has 1 fully saturated rings. The number of hydrogen-bond donors (Lipinski definition) is 2. The van der Waals surface area contributed by atoms with Gasteiger partial charge in [-0.1, -0.05) is 18.0 Å². The first-order valence-corrected chi connectivity index (χ1v) is 7.70. The van der Waals surface area contributed by atoms with Gasteiger partial charge in [-0.05, 0) is 37.0 Å². The Balaban J connectivity index is 1.80. The SMILES string of the molecule is O=C(C=Cc1ccc(Cl)s1)NCC1CCCC1C(=O)O. The lowest BCUT2D eigenvalue weighted by molar-refractivity contribution is -0.143. The molecule has 6 heteroatoms. The maximum absolute atomic E-state index is 11.7. The highest BCUT2D eigenvalue weighted by Gasteiger charge is 2.32. The molecule has 4 nitrogen and oxygen atoms in total. The van der Waals surface area contributed by atoms with Gasteiger partial charge in [0.2, 0.25) is 5.91 Å². The van der Waals surface area contributed by atoms with Crippen molar-refractivity contribution >= 4 is 40.9 Å². The summed E-state index contributed by atoms with van der Waals surface area (Å²) < 4.78 is 0.681. The van der Waals surface area contributed by atoms with E-state index < -0.39 is 5.97 Å². The minimum absolute atomic E-state index is 0.0426. The molecule has 2 N–H and O–H groups in total. The molecular formula is C14H16ClNO3S. The number of aliphatic carboxylic acids is 1. The molecular weight excluding hydrogens is 298 g/mol. The summed E-state index contributed by atoms with van der Waals surface area (Å²) in [6, 6.07) is 3.62. The quantitative estimate of drug-likeness (QED) is 0.821. The van der Waals surface area contributed by atoms with Crippen molar-refractivity contribution in [1.82, 2.24) is 5.32 Å². The molecule has 0 radical (unpaired) electrons. The zero-order valence-corrected chi connectivity index (χ0v) is 12.4. The molecule has 1 amide bonds. The van der Waals surface area contributed by atoms with Gasteiger partial charge in [-0.15, -0.1) is 11.3 Å². The normalized spacial score (nSPS) is 22.2. The van der Waals surface area contributed by atoms with Crippen LogP contribution in [0.2, 0.25) is 4.34 Å². The zero-order chi connectivity index (χ0) is 14.5. The Bertz CT molecular complexity index is 526. The predicted molar refractivity (Wildman–Crippen MR) is 79.8 cm³/mol. The van der Waals surface area contributed by atoms with E-state index in [0.29, 0.717) is 17.3 Å². The van der Waals surface area contributed by atoms with Crippen LogP contribution in [-0.4, -0.2) is 23.5 Å². The lowest BCUT2D eigenvalue weighted by Crippen LogP contribution is -2.32. The number of halogens is 1. The van der Waals surface area contributed by atoms with Crippen molar-refractivity contribution in [3.05, 3.63) is 27.4 Å². The summed E-state index contributed by atoms with van der Waals surface area (Å²) in [6.07, 6.45) is 5.64. The molecule has 1 aromatic heterocycles. The smallest absolute Gasteiger partial charge is 0.306 e. The van der Waals surface area contributed by atoms with Crippen molar-refractivity contribution in [2.24, 2.45) is 11.8 Å². The molecule has 108 valence electrons. The predicted octanol–water partition coefficient (Wildman–Crippen LogP) is 3.03. The summed E-state index contributed by atoms with van der Waals surface area (Å²) in [5, 5.41) is 11.8. The first-order valence-electron chi connectivity index (χ1n) is 6.50. The van der Waals surface area contributed by atoms with Gasteiger partial charge in [0.15, 0.2) is 0 Å². The van der Waals surface area contributed by atoms with Crippen molar-refractivity contribution in [2.75, 3.05) is 6.54 Å². The topological polar surface area (TPSA) is 66.4 Å². The molecule has 1 saturated carbocycles. The van der Waals surface area contributed by atoms with E-state index in [9.17, 15) is 9.59 Å². The molecule has 2 unspecified atom stereocenters. The van der Waals surface area contributed by atoms with Crippen LogP contribution in [0.1, 0.15) is 24.1 Å². The Labute approximate surface area is 126 Å². The van der Waals surface area contributed by atoms with Gasteiger partial charge in [-0.25, -0.2) is 0 Å². The fourth-order valence-corrected chi connectivity index (χ4v) is 3.44. The van der Waals surface area contributed by atoms with Crippen LogP contribution in [0.4, 0.5) is 0 Å². The number of rotatable bonds is 5. The Hall–Kier alpha value is -1.33. The average molecular weight is 314 g/mol. The fourth-order valence-electron chi connectivity index (χ4n) is 2.47. The summed E-state index contributed by atoms with van der Waals surface area (Å²) in [7, 11) is 0. The summed E-state index contributed by atoms with van der Waals surface area (Å²) >= 11 is 7.20. The van der Waals surface area contributed by atoms with E-state index in [1.165, 1.54) is 17.4 Å². The molecule has 2 rings (SSSR count). The number of nitrogens with one attached hydrogen (secondary N) is 1. The largest absolute Gasteiger partial charge is 0.481 e. The standard InChI is InChI=1S/C14H16ClNO3S/c15-12-6-4-10(20-12)5-7-13(17)16-8-9-2-1-3-11(9)14(18)19/h4-7,9,11H,1-3,8H2,(H,16,17)(H,18,19). The van der Waals surface area contributed by atoms with E-state index in [4.69, 9.17) is 16.7 Å². The maximum Gasteiger partial charge on any atom is 0.306 e. The molecule has 1 heterocycles. The minimum atomic E-state index is -0.759. The summed E-state index contributed by atoms with van der Waals surface area (Å²) in [5.74, 6) is -1.24. The Morgan fingerprint density at radius 1 is 1.45 bits per heavy atom. The second-order valence-electron chi connectivity index (χ2n) is 4.86. The molecule has 1 aromatic rings. The van der Waals surface area contributed by atoms with Gasteiger partial charge in [0, 0.05) is 17.5 Å². The molecule has 0 spiro atoms. The maximum atomic E-state index is 11.7. The summed E-state index contributed by atoms with van der Waals surface area (Å²) in [6.45, 7) is 0.422. The van der Waals surface area contributed by atoms with Gasteiger partial charge in [0.1, 0.15) is 0 Å². The van der Waals surface area contributed by atoms with E-state index in [0.717, 1.165) is 17.7 Å². The third-order valence-electron chi connectivity index (χ3n) is 3.51. The van der Waals surface area contributed by atoms with E-state index in [-0.39, 0.29) is 17.7 Å². The van der Waals surface area contributed by atoms with Crippen molar-refractivity contribution in [3.63, 3.8) is 0 Å². The van der Waals surface area contributed by atoms with Crippen LogP contribution in [0, 0.1) is 11.8 Å². The van der Waals surface area contributed by atoms with Gasteiger partial charge < -0.3 is 10.4 Å². The second kappa shape index (κ2) is 6.90. The zero-order valence-electron chi connectivity index (χ0n) is 10.8. The molecule has 1 aliphatic carbocycles. The molecule has 0 aromatic carbocycles. The van der Waals surface area contributed by atoms with Crippen LogP contribution in [0.25, 0.3) is 6.08 Å². The third kappa shape index (κ3) is 4.08. The number of carbonyl (C=O) groups excluding carboxylic acids is 1. The molecule has 20 heavy (non-hydrogen) atoms. The first kappa shape index (κ1) is 15.1. The number of amides is 1. The lowest BCUT2D eigenvalue weighted by atomic mass is 9.96. The van der Waals surface area contributed by atoms with Crippen molar-refractivity contribution in [3.8, 4) is 0 Å². The van der Waals surface area contributed by atoms with Crippen LogP contribution < -0.4 is 5.32 Å². The third-order valence-corrected chi connectivity index (χ3v) is 4.70. The van der Waals surface area contributed by atoms with Crippen molar-refractivity contribution < 1.29 is 14.7 Å². The highest BCUT2D eigenvalue weighted by molar-refractivity contribution is 7.17. The van der Waals surface area contributed by atoms with Gasteiger partial charge in [-0.2, -0.15) is 0 Å².